The number of thiophene rings is 2. The van der Waals surface area contributed by atoms with Gasteiger partial charge in [-0.25, -0.2) is 9.59 Å². The highest BCUT2D eigenvalue weighted by Crippen LogP contribution is 2.35. The van der Waals surface area contributed by atoms with Crippen LogP contribution in [-0.4, -0.2) is 57.0 Å². The smallest absolute Gasteiger partial charge is 0.348 e. The minimum atomic E-state index is -0.694. The second kappa shape index (κ2) is 14.6. The number of anilines is 1. The molecule has 1 atom stereocenters. The van der Waals surface area contributed by atoms with Crippen LogP contribution in [0.2, 0.25) is 0 Å². The standard InChI is InChI=1S/C30H33N5O6S3/c1-7-40-28(38)23-18(5)24(29(39)41-8-2)44-27(23)32-25(36)19(6)43-30-34-33-22(15-31-26(37)21-13-10-14-42-21)35(30)20-12-9-11-16(3)17(20)4/h9-14,19H,7-8,15H2,1-6H3,(H,31,37)(H,32,36)/t19-/m0/s1. The van der Waals surface area contributed by atoms with Crippen molar-refractivity contribution in [3.05, 3.63) is 73.5 Å². The Balaban J connectivity index is 1.62. The van der Waals surface area contributed by atoms with Gasteiger partial charge >= 0.3 is 11.9 Å². The number of benzene rings is 1. The summed E-state index contributed by atoms with van der Waals surface area (Å²) in [6, 6.07) is 9.41. The van der Waals surface area contributed by atoms with Crippen molar-refractivity contribution < 1.29 is 28.7 Å². The second-order valence-electron chi connectivity index (χ2n) is 9.56. The molecule has 0 unspecified atom stereocenters. The lowest BCUT2D eigenvalue weighted by molar-refractivity contribution is -0.115. The predicted octanol–water partition coefficient (Wildman–Crippen LogP) is 5.72. The topological polar surface area (TPSA) is 142 Å². The molecule has 0 fully saturated rings. The molecule has 0 aliphatic rings. The van der Waals surface area contributed by atoms with Gasteiger partial charge in [0, 0.05) is 0 Å². The number of esters is 2. The normalized spacial score (nSPS) is 11.6. The lowest BCUT2D eigenvalue weighted by Gasteiger charge is -2.16. The number of amides is 2. The van der Waals surface area contributed by atoms with Crippen LogP contribution in [0.15, 0.2) is 40.9 Å². The Hall–Kier alpha value is -4.01. The Morgan fingerprint density at radius 3 is 2.39 bits per heavy atom. The Bertz CT molecular complexity index is 1680. The first-order valence-corrected chi connectivity index (χ1v) is 16.4. The third kappa shape index (κ3) is 7.20. The van der Waals surface area contributed by atoms with Gasteiger partial charge in [0.25, 0.3) is 5.91 Å². The molecular weight excluding hydrogens is 623 g/mol. The van der Waals surface area contributed by atoms with Gasteiger partial charge in [-0.3, -0.25) is 14.2 Å². The average Bonchev–Trinajstić information content (AvgIpc) is 3.73. The summed E-state index contributed by atoms with van der Waals surface area (Å²) in [5.41, 5.74) is 3.38. The number of nitrogens with one attached hydrogen (secondary N) is 2. The number of carbonyl (C=O) groups is 4. The first-order chi connectivity index (χ1) is 21.1. The van der Waals surface area contributed by atoms with Crippen LogP contribution in [0.4, 0.5) is 5.00 Å². The molecule has 4 rings (SSSR count). The van der Waals surface area contributed by atoms with Crippen molar-refractivity contribution in [2.24, 2.45) is 0 Å². The molecule has 44 heavy (non-hydrogen) atoms. The molecule has 11 nitrogen and oxygen atoms in total. The average molecular weight is 656 g/mol. The second-order valence-corrected chi connectivity index (χ2v) is 12.8. The Labute approximate surface area is 267 Å². The van der Waals surface area contributed by atoms with E-state index < -0.39 is 23.1 Å². The Morgan fingerprint density at radius 1 is 0.977 bits per heavy atom. The number of nitrogens with zero attached hydrogens (tertiary/aromatic N) is 3. The van der Waals surface area contributed by atoms with E-state index in [0.717, 1.165) is 28.2 Å². The van der Waals surface area contributed by atoms with Crippen molar-refractivity contribution in [3.8, 4) is 5.69 Å². The fraction of sp³-hybridized carbons (Fsp3) is 0.333. The van der Waals surface area contributed by atoms with Gasteiger partial charge < -0.3 is 20.1 Å². The van der Waals surface area contributed by atoms with Gasteiger partial charge in [-0.2, -0.15) is 0 Å². The van der Waals surface area contributed by atoms with E-state index in [1.54, 1.807) is 33.8 Å². The molecule has 0 bridgehead atoms. The fourth-order valence-electron chi connectivity index (χ4n) is 4.23. The van der Waals surface area contributed by atoms with Crippen molar-refractivity contribution in [3.63, 3.8) is 0 Å². The zero-order chi connectivity index (χ0) is 32.0. The van der Waals surface area contributed by atoms with E-state index in [0.29, 0.717) is 21.4 Å². The van der Waals surface area contributed by atoms with Crippen molar-refractivity contribution >= 4 is 63.2 Å². The zero-order valence-corrected chi connectivity index (χ0v) is 27.6. The van der Waals surface area contributed by atoms with Crippen LogP contribution in [-0.2, 0) is 20.8 Å². The Morgan fingerprint density at radius 2 is 1.70 bits per heavy atom. The van der Waals surface area contributed by atoms with E-state index in [9.17, 15) is 19.2 Å². The lowest BCUT2D eigenvalue weighted by atomic mass is 10.1. The number of hydrogen-bond acceptors (Lipinski definition) is 11. The largest absolute Gasteiger partial charge is 0.462 e. The monoisotopic (exact) mass is 655 g/mol. The van der Waals surface area contributed by atoms with Crippen LogP contribution in [0.3, 0.4) is 0 Å². The molecule has 0 saturated heterocycles. The summed E-state index contributed by atoms with van der Waals surface area (Å²) in [5.74, 6) is -1.36. The maximum Gasteiger partial charge on any atom is 0.348 e. The van der Waals surface area contributed by atoms with Gasteiger partial charge in [0.2, 0.25) is 5.91 Å². The van der Waals surface area contributed by atoms with Crippen LogP contribution in [0.25, 0.3) is 5.69 Å². The first-order valence-electron chi connectivity index (χ1n) is 13.8. The van der Waals surface area contributed by atoms with Crippen molar-refractivity contribution in [1.29, 1.82) is 0 Å². The van der Waals surface area contributed by atoms with Gasteiger partial charge in [0.15, 0.2) is 11.0 Å². The summed E-state index contributed by atoms with van der Waals surface area (Å²) >= 11 is 3.48. The summed E-state index contributed by atoms with van der Waals surface area (Å²) in [6.07, 6.45) is 0. The number of aryl methyl sites for hydroxylation is 1. The van der Waals surface area contributed by atoms with Crippen LogP contribution in [0.1, 0.15) is 73.0 Å². The highest BCUT2D eigenvalue weighted by Gasteiger charge is 2.29. The molecule has 3 aromatic heterocycles. The van der Waals surface area contributed by atoms with Gasteiger partial charge in [-0.05, 0) is 75.7 Å². The minimum Gasteiger partial charge on any atom is -0.462 e. The molecule has 232 valence electrons. The summed E-state index contributed by atoms with van der Waals surface area (Å²) in [5, 5.41) is 16.2. The summed E-state index contributed by atoms with van der Waals surface area (Å²) < 4.78 is 12.2. The lowest BCUT2D eigenvalue weighted by Crippen LogP contribution is -2.25. The maximum absolute atomic E-state index is 13.5. The number of carbonyl (C=O) groups excluding carboxylic acids is 4. The summed E-state index contributed by atoms with van der Waals surface area (Å²) in [6.45, 7) is 11.1. The number of ether oxygens (including phenoxy) is 2. The van der Waals surface area contributed by atoms with E-state index >= 15 is 0 Å². The summed E-state index contributed by atoms with van der Waals surface area (Å²) in [7, 11) is 0. The number of aromatic nitrogens is 3. The molecule has 4 aromatic rings. The highest BCUT2D eigenvalue weighted by molar-refractivity contribution is 8.00. The minimum absolute atomic E-state index is 0.117. The van der Waals surface area contributed by atoms with Crippen molar-refractivity contribution in [1.82, 2.24) is 20.1 Å². The van der Waals surface area contributed by atoms with Crippen LogP contribution in [0.5, 0.6) is 0 Å². The third-order valence-electron chi connectivity index (χ3n) is 6.64. The van der Waals surface area contributed by atoms with Crippen LogP contribution in [0, 0.1) is 20.8 Å². The third-order valence-corrected chi connectivity index (χ3v) is 9.74. The first kappa shape index (κ1) is 32.9. The van der Waals surface area contributed by atoms with Crippen LogP contribution < -0.4 is 10.6 Å². The molecule has 2 amide bonds. The molecule has 0 saturated carbocycles. The van der Waals surface area contributed by atoms with E-state index in [-0.39, 0.29) is 41.1 Å². The molecule has 0 radical (unpaired) electrons. The summed E-state index contributed by atoms with van der Waals surface area (Å²) in [4.78, 5) is 52.3. The number of rotatable bonds is 12. The highest BCUT2D eigenvalue weighted by atomic mass is 32.2. The van der Waals surface area contributed by atoms with E-state index in [2.05, 4.69) is 20.8 Å². The zero-order valence-electron chi connectivity index (χ0n) is 25.2. The van der Waals surface area contributed by atoms with Gasteiger partial charge in [-0.1, -0.05) is 30.0 Å². The van der Waals surface area contributed by atoms with E-state index in [1.165, 1.54) is 23.1 Å². The van der Waals surface area contributed by atoms with E-state index in [4.69, 9.17) is 9.47 Å². The molecule has 0 aliphatic heterocycles. The molecule has 2 N–H and O–H groups in total. The fourth-order valence-corrected chi connectivity index (χ4v) is 6.84. The predicted molar refractivity (Wildman–Crippen MR) is 171 cm³/mol. The molecule has 0 spiro atoms. The molecule has 1 aromatic carbocycles. The quantitative estimate of drug-likeness (QED) is 0.145. The maximum atomic E-state index is 13.5. The molecule has 3 heterocycles. The van der Waals surface area contributed by atoms with Gasteiger partial charge in [0.1, 0.15) is 9.88 Å². The molecule has 0 aliphatic carbocycles. The Kier molecular flexibility index (Phi) is 10.9. The van der Waals surface area contributed by atoms with E-state index in [1.807, 2.05) is 48.1 Å². The van der Waals surface area contributed by atoms with Crippen LogP contribution >= 0.6 is 34.4 Å². The SMILES string of the molecule is CCOC(=O)c1sc(NC(=O)[C@H](C)Sc2nnc(CNC(=O)c3cccs3)n2-c2cccc(C)c2C)c(C(=O)OCC)c1C. The number of hydrogen-bond donors (Lipinski definition) is 2. The van der Waals surface area contributed by atoms with Crippen molar-refractivity contribution in [2.45, 2.75) is 58.5 Å². The molecule has 14 heteroatoms. The van der Waals surface area contributed by atoms with Gasteiger partial charge in [0.05, 0.1) is 41.1 Å². The van der Waals surface area contributed by atoms with Gasteiger partial charge in [-0.15, -0.1) is 32.9 Å². The van der Waals surface area contributed by atoms with Crippen molar-refractivity contribution in [2.75, 3.05) is 18.5 Å². The molecular formula is C30H33N5O6S3. The number of thioether (sulfide) groups is 1.